The SMILES string of the molecule is CCOC(=O)C1(F)CCN(S(=O)(=O)c2cnc(OC)cc2-c2ccccc2Cl)CC1. The highest BCUT2D eigenvalue weighted by Gasteiger charge is 2.46. The van der Waals surface area contributed by atoms with Gasteiger partial charge in [0, 0.05) is 48.1 Å². The van der Waals surface area contributed by atoms with Crippen LogP contribution in [0.4, 0.5) is 4.39 Å². The molecule has 0 unspecified atom stereocenters. The molecule has 2 aromatic rings. The highest BCUT2D eigenvalue weighted by Crippen LogP contribution is 2.37. The van der Waals surface area contributed by atoms with Gasteiger partial charge in [-0.2, -0.15) is 4.31 Å². The minimum Gasteiger partial charge on any atom is -0.481 e. The molecule has 1 fully saturated rings. The van der Waals surface area contributed by atoms with E-state index in [1.807, 2.05) is 0 Å². The van der Waals surface area contributed by atoms with Gasteiger partial charge in [0.2, 0.25) is 21.6 Å². The molecule has 0 bridgehead atoms. The molecule has 0 radical (unpaired) electrons. The predicted molar refractivity (Wildman–Crippen MR) is 110 cm³/mol. The first-order valence-corrected chi connectivity index (χ1v) is 11.2. The van der Waals surface area contributed by atoms with Crippen LogP contribution in [0.1, 0.15) is 19.8 Å². The lowest BCUT2D eigenvalue weighted by Crippen LogP contribution is -2.49. The lowest BCUT2D eigenvalue weighted by Gasteiger charge is -2.34. The van der Waals surface area contributed by atoms with Gasteiger partial charge in [0.1, 0.15) is 4.90 Å². The molecule has 1 aromatic heterocycles. The summed E-state index contributed by atoms with van der Waals surface area (Å²) < 4.78 is 52.7. The van der Waals surface area contributed by atoms with Gasteiger partial charge in [-0.3, -0.25) is 0 Å². The summed E-state index contributed by atoms with van der Waals surface area (Å²) in [4.78, 5) is 15.9. The van der Waals surface area contributed by atoms with Gasteiger partial charge in [-0.25, -0.2) is 22.6 Å². The van der Waals surface area contributed by atoms with Gasteiger partial charge >= 0.3 is 5.97 Å². The van der Waals surface area contributed by atoms with Crippen LogP contribution in [-0.2, 0) is 19.6 Å². The lowest BCUT2D eigenvalue weighted by atomic mass is 9.95. The molecule has 0 aliphatic carbocycles. The van der Waals surface area contributed by atoms with Crippen molar-refractivity contribution in [2.45, 2.75) is 30.3 Å². The van der Waals surface area contributed by atoms with Crippen LogP contribution in [0, 0.1) is 0 Å². The second-order valence-electron chi connectivity index (χ2n) is 6.79. The quantitative estimate of drug-likeness (QED) is 0.619. The lowest BCUT2D eigenvalue weighted by molar-refractivity contribution is -0.160. The van der Waals surface area contributed by atoms with Gasteiger partial charge in [-0.1, -0.05) is 29.8 Å². The molecule has 0 amide bonds. The summed E-state index contributed by atoms with van der Waals surface area (Å²) in [6, 6.07) is 8.31. The molecule has 7 nitrogen and oxygen atoms in total. The van der Waals surface area contributed by atoms with Crippen LogP contribution in [0.15, 0.2) is 41.4 Å². The molecular formula is C20H22ClFN2O5S. The van der Waals surface area contributed by atoms with Gasteiger partial charge in [-0.05, 0) is 13.0 Å². The number of carbonyl (C=O) groups excluding carboxylic acids is 1. The maximum Gasteiger partial charge on any atom is 0.343 e. The van der Waals surface area contributed by atoms with Gasteiger partial charge in [0.15, 0.2) is 0 Å². The summed E-state index contributed by atoms with van der Waals surface area (Å²) >= 11 is 6.29. The van der Waals surface area contributed by atoms with E-state index >= 15 is 0 Å². The van der Waals surface area contributed by atoms with E-state index in [0.717, 1.165) is 4.31 Å². The first-order chi connectivity index (χ1) is 14.2. The summed E-state index contributed by atoms with van der Waals surface area (Å²) in [7, 11) is -2.61. The molecule has 0 N–H and O–H groups in total. The Balaban J connectivity index is 1.96. The van der Waals surface area contributed by atoms with Crippen LogP contribution in [0.3, 0.4) is 0 Å². The Morgan fingerprint density at radius 1 is 1.27 bits per heavy atom. The fourth-order valence-electron chi connectivity index (χ4n) is 3.32. The molecule has 0 atom stereocenters. The van der Waals surface area contributed by atoms with E-state index in [9.17, 15) is 17.6 Å². The van der Waals surface area contributed by atoms with E-state index in [0.29, 0.717) is 16.1 Å². The Kier molecular flexibility index (Phi) is 6.64. The molecule has 3 rings (SSSR count). The number of halogens is 2. The topological polar surface area (TPSA) is 85.8 Å². The highest BCUT2D eigenvalue weighted by atomic mass is 35.5. The number of hydrogen-bond donors (Lipinski definition) is 0. The van der Waals surface area contributed by atoms with Crippen LogP contribution in [0.25, 0.3) is 11.1 Å². The molecule has 1 aliphatic rings. The molecule has 162 valence electrons. The Morgan fingerprint density at radius 3 is 2.53 bits per heavy atom. The normalized spacial score (nSPS) is 16.8. The van der Waals surface area contributed by atoms with Gasteiger partial charge in [0.05, 0.1) is 19.9 Å². The van der Waals surface area contributed by atoms with Gasteiger partial charge in [-0.15, -0.1) is 0 Å². The smallest absolute Gasteiger partial charge is 0.343 e. The number of rotatable bonds is 6. The van der Waals surface area contributed by atoms with E-state index in [4.69, 9.17) is 21.1 Å². The van der Waals surface area contributed by atoms with Gasteiger partial charge in [0.25, 0.3) is 0 Å². The van der Waals surface area contributed by atoms with E-state index in [1.54, 1.807) is 31.2 Å². The third-order valence-corrected chi connectivity index (χ3v) is 7.25. The molecular weight excluding hydrogens is 435 g/mol. The van der Waals surface area contributed by atoms with Crippen molar-refractivity contribution in [3.8, 4) is 17.0 Å². The second kappa shape index (κ2) is 8.87. The van der Waals surface area contributed by atoms with Crippen LogP contribution in [0.5, 0.6) is 5.88 Å². The number of methoxy groups -OCH3 is 1. The molecule has 10 heteroatoms. The van der Waals surface area contributed by atoms with Crippen LogP contribution in [-0.4, -0.2) is 56.2 Å². The fraction of sp³-hybridized carbons (Fsp3) is 0.400. The average Bonchev–Trinajstić information content (AvgIpc) is 2.74. The minimum absolute atomic E-state index is 0.0607. The number of ether oxygens (including phenoxy) is 2. The third-order valence-electron chi connectivity index (χ3n) is 4.99. The number of sulfonamides is 1. The molecule has 1 saturated heterocycles. The minimum atomic E-state index is -4.03. The largest absolute Gasteiger partial charge is 0.481 e. The third kappa shape index (κ3) is 4.28. The summed E-state index contributed by atoms with van der Waals surface area (Å²) in [6.45, 7) is 1.33. The first kappa shape index (κ1) is 22.5. The van der Waals surface area contributed by atoms with Crippen molar-refractivity contribution in [2.75, 3.05) is 26.8 Å². The molecule has 2 heterocycles. The summed E-state index contributed by atoms with van der Waals surface area (Å²) in [5.74, 6) is -0.725. The standard InChI is InChI=1S/C20H22ClFN2O5S/c1-3-29-19(25)20(22)8-10-24(11-9-20)30(26,27)17-13-23-18(28-2)12-15(17)14-6-4-5-7-16(14)21/h4-7,12-13H,3,8-11H2,1-2H3. The number of hydrogen-bond acceptors (Lipinski definition) is 6. The average molecular weight is 457 g/mol. The van der Waals surface area contributed by atoms with Crippen LogP contribution < -0.4 is 4.74 Å². The number of piperidine rings is 1. The number of pyridine rings is 1. The Bertz CT molecular complexity index is 1040. The van der Waals surface area contributed by atoms with Crippen molar-refractivity contribution in [1.82, 2.24) is 9.29 Å². The molecule has 30 heavy (non-hydrogen) atoms. The zero-order valence-corrected chi connectivity index (χ0v) is 18.2. The monoisotopic (exact) mass is 456 g/mol. The summed E-state index contributed by atoms with van der Waals surface area (Å²) in [6.07, 6.45) is 0.641. The van der Waals surface area contributed by atoms with Gasteiger partial charge < -0.3 is 9.47 Å². The highest BCUT2D eigenvalue weighted by molar-refractivity contribution is 7.89. The summed E-state index contributed by atoms with van der Waals surface area (Å²) in [5.41, 5.74) is -1.36. The first-order valence-electron chi connectivity index (χ1n) is 9.38. The second-order valence-corrected chi connectivity index (χ2v) is 9.11. The molecule has 1 aliphatic heterocycles. The maximum atomic E-state index is 14.9. The number of alkyl halides is 1. The van der Waals surface area contributed by atoms with E-state index in [2.05, 4.69) is 4.98 Å². The van der Waals surface area contributed by atoms with E-state index in [-0.39, 0.29) is 43.3 Å². The number of benzene rings is 1. The van der Waals surface area contributed by atoms with E-state index in [1.165, 1.54) is 19.4 Å². The maximum absolute atomic E-state index is 14.9. The van der Waals surface area contributed by atoms with Crippen molar-refractivity contribution >= 4 is 27.6 Å². The Hall–Kier alpha value is -2.23. The molecule has 1 aromatic carbocycles. The number of esters is 1. The number of nitrogens with zero attached hydrogens (tertiary/aromatic N) is 2. The summed E-state index contributed by atoms with van der Waals surface area (Å²) in [5, 5.41) is 0.367. The van der Waals surface area contributed by atoms with Crippen molar-refractivity contribution in [3.05, 3.63) is 41.6 Å². The zero-order chi connectivity index (χ0) is 21.9. The van der Waals surface area contributed by atoms with Crippen LogP contribution in [0.2, 0.25) is 5.02 Å². The Morgan fingerprint density at radius 2 is 1.93 bits per heavy atom. The molecule has 0 saturated carbocycles. The van der Waals surface area contributed by atoms with Crippen molar-refractivity contribution in [2.24, 2.45) is 0 Å². The zero-order valence-electron chi connectivity index (χ0n) is 16.6. The van der Waals surface area contributed by atoms with Crippen LogP contribution >= 0.6 is 11.6 Å². The number of aromatic nitrogens is 1. The van der Waals surface area contributed by atoms with Crippen molar-refractivity contribution in [3.63, 3.8) is 0 Å². The Labute approximate surface area is 179 Å². The molecule has 0 spiro atoms. The van der Waals surface area contributed by atoms with E-state index < -0.39 is 21.7 Å². The predicted octanol–water partition coefficient (Wildman–Crippen LogP) is 3.47. The fourth-order valence-corrected chi connectivity index (χ4v) is 5.13. The van der Waals surface area contributed by atoms with Crippen molar-refractivity contribution in [1.29, 1.82) is 0 Å². The number of carbonyl (C=O) groups is 1. The van der Waals surface area contributed by atoms with Crippen molar-refractivity contribution < 1.29 is 27.1 Å².